The van der Waals surface area contributed by atoms with Crippen LogP contribution in [0.3, 0.4) is 0 Å². The summed E-state index contributed by atoms with van der Waals surface area (Å²) >= 11 is 0. The molecule has 0 aromatic heterocycles. The number of ether oxygens (including phenoxy) is 3. The maximum absolute atomic E-state index is 11.6. The fraction of sp³-hybridized carbons (Fsp3) is 0.421. The van der Waals surface area contributed by atoms with Gasteiger partial charge in [-0.3, -0.25) is 14.4 Å². The molecule has 7 nitrogen and oxygen atoms in total. The molecule has 1 fully saturated rings. The van der Waals surface area contributed by atoms with Gasteiger partial charge in [-0.05, 0) is 36.8 Å². The molecule has 1 heterocycles. The molecule has 0 saturated carbocycles. The Morgan fingerprint density at radius 1 is 1.27 bits per heavy atom. The molecule has 140 valence electrons. The van der Waals surface area contributed by atoms with Gasteiger partial charge in [0.05, 0.1) is 12.5 Å². The number of hydrogen-bond donors (Lipinski definition) is 1. The standard InChI is InChI=1S/C19H23NO6/c1-12(25-14(3)22)4-9-18-17(10-19(23)26-18)20-16-7-5-15(6-8-16)11-24-13(2)21/h4-9,12,17-18,20H,10-11H2,1-3H3/b9-4+. The number of cyclic esters (lactones) is 1. The zero-order valence-electron chi connectivity index (χ0n) is 15.1. The zero-order chi connectivity index (χ0) is 19.1. The normalized spacial score (nSPS) is 20.5. The van der Waals surface area contributed by atoms with Crippen LogP contribution >= 0.6 is 0 Å². The zero-order valence-corrected chi connectivity index (χ0v) is 15.1. The third kappa shape index (κ3) is 6.23. The van der Waals surface area contributed by atoms with Crippen LogP contribution in [-0.2, 0) is 35.2 Å². The summed E-state index contributed by atoms with van der Waals surface area (Å²) in [5.74, 6) is -0.982. The highest BCUT2D eigenvalue weighted by Crippen LogP contribution is 2.22. The van der Waals surface area contributed by atoms with Crippen LogP contribution in [-0.4, -0.2) is 36.2 Å². The predicted octanol–water partition coefficient (Wildman–Crippen LogP) is 2.35. The fourth-order valence-electron chi connectivity index (χ4n) is 2.55. The van der Waals surface area contributed by atoms with Crippen LogP contribution in [0.25, 0.3) is 0 Å². The lowest BCUT2D eigenvalue weighted by Crippen LogP contribution is -2.28. The van der Waals surface area contributed by atoms with E-state index in [4.69, 9.17) is 14.2 Å². The second-order valence-corrected chi connectivity index (χ2v) is 6.09. The third-order valence-electron chi connectivity index (χ3n) is 3.72. The van der Waals surface area contributed by atoms with Gasteiger partial charge in [0.1, 0.15) is 18.8 Å². The molecule has 1 N–H and O–H groups in total. The van der Waals surface area contributed by atoms with Crippen LogP contribution in [0.15, 0.2) is 36.4 Å². The number of carbonyl (C=O) groups is 3. The van der Waals surface area contributed by atoms with E-state index < -0.39 is 12.2 Å². The first-order chi connectivity index (χ1) is 12.3. The lowest BCUT2D eigenvalue weighted by molar-refractivity contribution is -0.144. The Morgan fingerprint density at radius 3 is 2.58 bits per heavy atom. The van der Waals surface area contributed by atoms with Gasteiger partial charge >= 0.3 is 17.9 Å². The number of nitrogens with one attached hydrogen (secondary N) is 1. The molecule has 1 aliphatic heterocycles. The van der Waals surface area contributed by atoms with E-state index in [-0.39, 0.29) is 37.0 Å². The Kier molecular flexibility index (Phi) is 6.77. The van der Waals surface area contributed by atoms with Crippen molar-refractivity contribution in [2.24, 2.45) is 0 Å². The average Bonchev–Trinajstić information content (AvgIpc) is 2.91. The van der Waals surface area contributed by atoms with Gasteiger partial charge in [0, 0.05) is 19.5 Å². The molecule has 3 unspecified atom stereocenters. The summed E-state index contributed by atoms with van der Waals surface area (Å²) in [6.07, 6.45) is 2.83. The molecule has 1 saturated heterocycles. The van der Waals surface area contributed by atoms with Crippen LogP contribution in [0, 0.1) is 0 Å². The summed E-state index contributed by atoms with van der Waals surface area (Å²) in [6.45, 7) is 4.66. The van der Waals surface area contributed by atoms with Crippen molar-refractivity contribution in [1.82, 2.24) is 0 Å². The maximum atomic E-state index is 11.6. The van der Waals surface area contributed by atoms with Crippen molar-refractivity contribution in [3.8, 4) is 0 Å². The smallest absolute Gasteiger partial charge is 0.308 e. The number of hydrogen-bond acceptors (Lipinski definition) is 7. The highest BCUT2D eigenvalue weighted by molar-refractivity contribution is 5.74. The second-order valence-electron chi connectivity index (χ2n) is 6.09. The minimum absolute atomic E-state index is 0.220. The fourth-order valence-corrected chi connectivity index (χ4v) is 2.55. The van der Waals surface area contributed by atoms with Crippen molar-refractivity contribution in [2.75, 3.05) is 5.32 Å². The molecule has 0 aliphatic carbocycles. The van der Waals surface area contributed by atoms with Crippen LogP contribution < -0.4 is 5.32 Å². The van der Waals surface area contributed by atoms with Crippen LogP contribution in [0.5, 0.6) is 0 Å². The van der Waals surface area contributed by atoms with E-state index in [0.717, 1.165) is 11.3 Å². The van der Waals surface area contributed by atoms with E-state index in [1.54, 1.807) is 19.1 Å². The minimum atomic E-state index is -0.443. The molecule has 1 aromatic carbocycles. The van der Waals surface area contributed by atoms with Gasteiger partial charge in [0.25, 0.3) is 0 Å². The lowest BCUT2D eigenvalue weighted by atomic mass is 10.1. The summed E-state index contributed by atoms with van der Waals surface area (Å²) < 4.78 is 15.3. The Hall–Kier alpha value is -2.83. The Balaban J connectivity index is 1.95. The molecule has 0 amide bonds. The van der Waals surface area contributed by atoms with E-state index in [2.05, 4.69) is 5.32 Å². The number of esters is 3. The molecule has 3 atom stereocenters. The first-order valence-electron chi connectivity index (χ1n) is 8.37. The quantitative estimate of drug-likeness (QED) is 0.453. The summed E-state index contributed by atoms with van der Waals surface area (Å²) in [6, 6.07) is 7.17. The van der Waals surface area contributed by atoms with Gasteiger partial charge in [-0.15, -0.1) is 0 Å². The third-order valence-corrected chi connectivity index (χ3v) is 3.72. The number of rotatable bonds is 7. The molecule has 2 rings (SSSR count). The highest BCUT2D eigenvalue weighted by atomic mass is 16.6. The van der Waals surface area contributed by atoms with E-state index in [1.807, 2.05) is 24.3 Å². The van der Waals surface area contributed by atoms with Gasteiger partial charge in [0.2, 0.25) is 0 Å². The monoisotopic (exact) mass is 361 g/mol. The van der Waals surface area contributed by atoms with Crippen LogP contribution in [0.4, 0.5) is 5.69 Å². The maximum Gasteiger partial charge on any atom is 0.308 e. The van der Waals surface area contributed by atoms with E-state index in [1.165, 1.54) is 13.8 Å². The van der Waals surface area contributed by atoms with Gasteiger partial charge in [-0.1, -0.05) is 12.1 Å². The first-order valence-corrected chi connectivity index (χ1v) is 8.37. The summed E-state index contributed by atoms with van der Waals surface area (Å²) in [5, 5.41) is 3.27. The second kappa shape index (κ2) is 9.03. The summed E-state index contributed by atoms with van der Waals surface area (Å²) in [4.78, 5) is 33.4. The van der Waals surface area contributed by atoms with Crippen molar-refractivity contribution >= 4 is 23.6 Å². The van der Waals surface area contributed by atoms with Crippen LogP contribution in [0.2, 0.25) is 0 Å². The molecule has 7 heteroatoms. The van der Waals surface area contributed by atoms with E-state index in [0.29, 0.717) is 0 Å². The number of carbonyl (C=O) groups excluding carboxylic acids is 3. The molecular formula is C19H23NO6. The first kappa shape index (κ1) is 19.5. The van der Waals surface area contributed by atoms with Crippen molar-refractivity contribution in [3.63, 3.8) is 0 Å². The van der Waals surface area contributed by atoms with Gasteiger partial charge in [-0.2, -0.15) is 0 Å². The molecule has 0 spiro atoms. The Morgan fingerprint density at radius 2 is 1.96 bits per heavy atom. The van der Waals surface area contributed by atoms with E-state index >= 15 is 0 Å². The molecule has 1 aliphatic rings. The molecule has 1 aromatic rings. The predicted molar refractivity (Wildman–Crippen MR) is 94.2 cm³/mol. The average molecular weight is 361 g/mol. The van der Waals surface area contributed by atoms with Crippen molar-refractivity contribution in [2.45, 2.75) is 52.0 Å². The SMILES string of the molecule is CC(=O)OCc1ccc(NC2CC(=O)OC2/C=C/C(C)OC(C)=O)cc1. The topological polar surface area (TPSA) is 90.9 Å². The van der Waals surface area contributed by atoms with Crippen molar-refractivity contribution < 1.29 is 28.6 Å². The summed E-state index contributed by atoms with van der Waals surface area (Å²) in [7, 11) is 0. The van der Waals surface area contributed by atoms with Crippen molar-refractivity contribution in [3.05, 3.63) is 42.0 Å². The minimum Gasteiger partial charge on any atom is -0.461 e. The number of benzene rings is 1. The van der Waals surface area contributed by atoms with Gasteiger partial charge < -0.3 is 19.5 Å². The molecule has 0 bridgehead atoms. The van der Waals surface area contributed by atoms with Crippen molar-refractivity contribution in [1.29, 1.82) is 0 Å². The van der Waals surface area contributed by atoms with Gasteiger partial charge in [-0.25, -0.2) is 0 Å². The summed E-state index contributed by atoms with van der Waals surface area (Å²) in [5.41, 5.74) is 1.70. The molecule has 0 radical (unpaired) electrons. The molecular weight excluding hydrogens is 338 g/mol. The largest absolute Gasteiger partial charge is 0.461 e. The molecule has 26 heavy (non-hydrogen) atoms. The van der Waals surface area contributed by atoms with E-state index in [9.17, 15) is 14.4 Å². The van der Waals surface area contributed by atoms with Gasteiger partial charge in [0.15, 0.2) is 0 Å². The highest BCUT2D eigenvalue weighted by Gasteiger charge is 2.33. The Labute approximate surface area is 152 Å². The lowest BCUT2D eigenvalue weighted by Gasteiger charge is -2.18. The Bertz CT molecular complexity index is 682. The number of anilines is 1. The van der Waals surface area contributed by atoms with Crippen LogP contribution in [0.1, 0.15) is 32.8 Å².